The van der Waals surface area contributed by atoms with Crippen LogP contribution in [-0.4, -0.2) is 31.9 Å². The minimum absolute atomic E-state index is 0.131. The van der Waals surface area contributed by atoms with Crippen molar-refractivity contribution in [2.45, 2.75) is 31.9 Å². The Bertz CT molecular complexity index is 341. The Kier molecular flexibility index (Phi) is 6.95. The first kappa shape index (κ1) is 16.6. The molecule has 3 N–H and O–H groups in total. The van der Waals surface area contributed by atoms with Crippen molar-refractivity contribution in [2.75, 3.05) is 12.3 Å². The van der Waals surface area contributed by atoms with Crippen LogP contribution in [0.25, 0.3) is 0 Å². The lowest BCUT2D eigenvalue weighted by molar-refractivity contribution is -0.134. The maximum absolute atomic E-state index is 11.8. The highest BCUT2D eigenvalue weighted by atomic mass is 32.2. The normalized spacial score (nSPS) is 12.6. The zero-order valence-electron chi connectivity index (χ0n) is 9.09. The average Bonchev–Trinajstić information content (AvgIpc) is 2.09. The number of sulfonamides is 1. The third-order valence-corrected chi connectivity index (χ3v) is 3.47. The molecule has 4 nitrogen and oxygen atoms in total. The number of halogens is 3. The van der Waals surface area contributed by atoms with Crippen molar-refractivity contribution in [3.63, 3.8) is 0 Å². The van der Waals surface area contributed by atoms with Crippen LogP contribution in [0.2, 0.25) is 0 Å². The highest BCUT2D eigenvalue weighted by molar-refractivity contribution is 7.89. The van der Waals surface area contributed by atoms with Crippen LogP contribution in [0.5, 0.6) is 0 Å². The fourth-order valence-corrected chi connectivity index (χ4v) is 2.29. The summed E-state index contributed by atoms with van der Waals surface area (Å²) in [6.07, 6.45) is -5.01. The molecule has 0 saturated carbocycles. The van der Waals surface area contributed by atoms with E-state index in [1.165, 1.54) is 0 Å². The molecule has 0 fully saturated rings. The van der Waals surface area contributed by atoms with E-state index in [1.807, 2.05) is 0 Å². The summed E-state index contributed by atoms with van der Waals surface area (Å²) in [5, 5.41) is 0. The summed E-state index contributed by atoms with van der Waals surface area (Å²) in [5.41, 5.74) is 5.20. The Morgan fingerprint density at radius 2 is 1.88 bits per heavy atom. The van der Waals surface area contributed by atoms with Gasteiger partial charge in [-0.25, -0.2) is 13.1 Å². The van der Waals surface area contributed by atoms with Gasteiger partial charge in [0.15, 0.2) is 0 Å². The molecule has 0 aromatic carbocycles. The Labute approximate surface area is 104 Å². The van der Waals surface area contributed by atoms with Gasteiger partial charge in [0.1, 0.15) is 0 Å². The number of hydrogen-bond donors (Lipinski definition) is 2. The molecule has 17 heavy (non-hydrogen) atoms. The predicted octanol–water partition coefficient (Wildman–Crippen LogP) is 1.31. The van der Waals surface area contributed by atoms with Crippen molar-refractivity contribution >= 4 is 27.2 Å². The molecule has 0 saturated heterocycles. The highest BCUT2D eigenvalue weighted by Crippen LogP contribution is 2.21. The minimum Gasteiger partial charge on any atom is -0.393 e. The fraction of sp³-hybridized carbons (Fsp3) is 0.875. The van der Waals surface area contributed by atoms with Crippen molar-refractivity contribution < 1.29 is 21.6 Å². The topological polar surface area (TPSA) is 72.2 Å². The van der Waals surface area contributed by atoms with Crippen LogP contribution in [-0.2, 0) is 10.0 Å². The van der Waals surface area contributed by atoms with Crippen molar-refractivity contribution in [1.29, 1.82) is 0 Å². The van der Waals surface area contributed by atoms with E-state index in [0.29, 0.717) is 12.8 Å². The summed E-state index contributed by atoms with van der Waals surface area (Å²) in [6.45, 7) is 0.131. The summed E-state index contributed by atoms with van der Waals surface area (Å²) in [6, 6.07) is 0. The summed E-state index contributed by atoms with van der Waals surface area (Å²) in [5.74, 6) is -0.528. The van der Waals surface area contributed by atoms with E-state index in [2.05, 4.69) is 16.9 Å². The molecular formula is C8H15F3N2O2S2. The summed E-state index contributed by atoms with van der Waals surface area (Å²) in [7, 11) is -3.64. The zero-order chi connectivity index (χ0) is 13.5. The Balaban J connectivity index is 3.78. The van der Waals surface area contributed by atoms with E-state index in [0.717, 1.165) is 0 Å². The van der Waals surface area contributed by atoms with Gasteiger partial charge in [0, 0.05) is 13.0 Å². The van der Waals surface area contributed by atoms with E-state index in [1.54, 1.807) is 0 Å². The van der Waals surface area contributed by atoms with Crippen molar-refractivity contribution in [3.8, 4) is 0 Å². The molecule has 0 spiro atoms. The van der Waals surface area contributed by atoms with Gasteiger partial charge in [0.2, 0.25) is 10.0 Å². The van der Waals surface area contributed by atoms with E-state index in [-0.39, 0.29) is 11.5 Å². The molecule has 0 rings (SSSR count). The molecule has 0 aromatic rings. The average molecular weight is 292 g/mol. The van der Waals surface area contributed by atoms with Crippen LogP contribution in [0.15, 0.2) is 0 Å². The first-order valence-electron chi connectivity index (χ1n) is 4.95. The fourth-order valence-electron chi connectivity index (χ4n) is 1.03. The van der Waals surface area contributed by atoms with E-state index in [9.17, 15) is 21.6 Å². The highest BCUT2D eigenvalue weighted by Gasteiger charge is 2.27. The molecule has 0 unspecified atom stereocenters. The van der Waals surface area contributed by atoms with Gasteiger partial charge in [0.05, 0.1) is 10.7 Å². The summed E-state index contributed by atoms with van der Waals surface area (Å²) >= 11 is 4.59. The standard InChI is InChI=1S/C8H15F3N2O2S2/c9-8(10,11)4-2-6-17(14,15)13-5-1-3-7(12)16/h13H,1-6H2,(H2,12,16). The quantitative estimate of drug-likeness (QED) is 0.523. The lowest BCUT2D eigenvalue weighted by Gasteiger charge is -2.08. The molecule has 0 bridgehead atoms. The number of alkyl halides is 3. The van der Waals surface area contributed by atoms with Crippen LogP contribution < -0.4 is 10.5 Å². The van der Waals surface area contributed by atoms with Gasteiger partial charge in [-0.1, -0.05) is 12.2 Å². The molecule has 102 valence electrons. The van der Waals surface area contributed by atoms with Crippen LogP contribution in [0, 0.1) is 0 Å². The number of hydrogen-bond acceptors (Lipinski definition) is 3. The molecule has 0 atom stereocenters. The Morgan fingerprint density at radius 1 is 1.29 bits per heavy atom. The van der Waals surface area contributed by atoms with Crippen LogP contribution in [0.3, 0.4) is 0 Å². The van der Waals surface area contributed by atoms with Gasteiger partial charge < -0.3 is 5.73 Å². The maximum Gasteiger partial charge on any atom is 0.389 e. The second-order valence-corrected chi connectivity index (χ2v) is 5.95. The third-order valence-electron chi connectivity index (χ3n) is 1.80. The second-order valence-electron chi connectivity index (χ2n) is 3.50. The van der Waals surface area contributed by atoms with Gasteiger partial charge in [-0.15, -0.1) is 0 Å². The number of nitrogens with two attached hydrogens (primary N) is 1. The largest absolute Gasteiger partial charge is 0.393 e. The van der Waals surface area contributed by atoms with Gasteiger partial charge in [-0.05, 0) is 19.3 Å². The monoisotopic (exact) mass is 292 g/mol. The van der Waals surface area contributed by atoms with E-state index in [4.69, 9.17) is 5.73 Å². The van der Waals surface area contributed by atoms with Crippen molar-refractivity contribution in [3.05, 3.63) is 0 Å². The molecule has 0 aliphatic rings. The first-order valence-corrected chi connectivity index (χ1v) is 7.01. The lowest BCUT2D eigenvalue weighted by atomic mass is 10.3. The van der Waals surface area contributed by atoms with Gasteiger partial charge >= 0.3 is 6.18 Å². The summed E-state index contributed by atoms with van der Waals surface area (Å²) < 4.78 is 60.0. The Morgan fingerprint density at radius 3 is 2.35 bits per heavy atom. The minimum atomic E-state index is -4.32. The smallest absolute Gasteiger partial charge is 0.389 e. The van der Waals surface area contributed by atoms with Crippen LogP contribution >= 0.6 is 12.2 Å². The van der Waals surface area contributed by atoms with E-state index >= 15 is 0 Å². The molecule has 0 radical (unpaired) electrons. The lowest BCUT2D eigenvalue weighted by Crippen LogP contribution is -2.28. The number of nitrogens with one attached hydrogen (secondary N) is 1. The van der Waals surface area contributed by atoms with E-state index < -0.39 is 34.8 Å². The van der Waals surface area contributed by atoms with Crippen molar-refractivity contribution in [1.82, 2.24) is 4.72 Å². The maximum atomic E-state index is 11.8. The molecule has 0 aliphatic heterocycles. The zero-order valence-corrected chi connectivity index (χ0v) is 10.7. The van der Waals surface area contributed by atoms with Gasteiger partial charge in [0.25, 0.3) is 0 Å². The summed E-state index contributed by atoms with van der Waals surface area (Å²) in [4.78, 5) is 0.279. The molecule has 0 amide bonds. The molecular weight excluding hydrogens is 277 g/mol. The van der Waals surface area contributed by atoms with Crippen LogP contribution in [0.1, 0.15) is 25.7 Å². The number of rotatable bonds is 8. The molecule has 9 heteroatoms. The molecule has 0 heterocycles. The SMILES string of the molecule is NC(=S)CCCNS(=O)(=O)CCCC(F)(F)F. The third kappa shape index (κ3) is 11.8. The first-order chi connectivity index (χ1) is 7.62. The van der Waals surface area contributed by atoms with Gasteiger partial charge in [-0.3, -0.25) is 0 Å². The molecule has 0 aromatic heterocycles. The predicted molar refractivity (Wildman–Crippen MR) is 63.1 cm³/mol. The van der Waals surface area contributed by atoms with Crippen LogP contribution in [0.4, 0.5) is 13.2 Å². The van der Waals surface area contributed by atoms with Gasteiger partial charge in [-0.2, -0.15) is 13.2 Å². The van der Waals surface area contributed by atoms with Crippen molar-refractivity contribution in [2.24, 2.45) is 5.73 Å². The molecule has 0 aliphatic carbocycles. The second kappa shape index (κ2) is 7.12. The number of thiocarbonyl (C=S) groups is 1. The Hall–Kier alpha value is -0.410.